The van der Waals surface area contributed by atoms with Gasteiger partial charge in [-0.2, -0.15) is 0 Å². The Morgan fingerprint density at radius 3 is 1.41 bits per heavy atom. The summed E-state index contributed by atoms with van der Waals surface area (Å²) in [6.45, 7) is 0. The lowest BCUT2D eigenvalue weighted by molar-refractivity contribution is 0.669. The Morgan fingerprint density at radius 1 is 0.312 bits per heavy atom. The first-order valence-corrected chi connectivity index (χ1v) is 22.6. The molecule has 0 radical (unpaired) electrons. The Balaban J connectivity index is 0.866. The van der Waals surface area contributed by atoms with Gasteiger partial charge in [-0.1, -0.05) is 121 Å². The van der Waals surface area contributed by atoms with E-state index in [1.807, 2.05) is 23.5 Å². The lowest BCUT2D eigenvalue weighted by Gasteiger charge is -2.26. The molecular weight excluding hydrogens is 797 g/mol. The molecule has 0 saturated carbocycles. The van der Waals surface area contributed by atoms with Gasteiger partial charge in [0.25, 0.3) is 0 Å². The Bertz CT molecular complexity index is 4030. The van der Waals surface area contributed by atoms with Crippen LogP contribution >= 0.6 is 11.3 Å². The summed E-state index contributed by atoms with van der Waals surface area (Å²) in [6.07, 6.45) is 0. The molecule has 0 unspecified atom stereocenters. The zero-order valence-corrected chi connectivity index (χ0v) is 35.3. The Morgan fingerprint density at radius 2 is 0.766 bits per heavy atom. The van der Waals surface area contributed by atoms with Crippen LogP contribution in [0.25, 0.3) is 114 Å². The van der Waals surface area contributed by atoms with Gasteiger partial charge in [0, 0.05) is 69.6 Å². The average molecular weight is 833 g/mol. The Hall–Kier alpha value is -8.18. The van der Waals surface area contributed by atoms with Crippen molar-refractivity contribution in [1.82, 2.24) is 4.40 Å². The highest BCUT2D eigenvalue weighted by molar-refractivity contribution is 7.25. The van der Waals surface area contributed by atoms with Gasteiger partial charge in [0.1, 0.15) is 11.2 Å². The average Bonchev–Trinajstić information content (AvgIpc) is 4.11. The molecule has 0 bridgehead atoms. The highest BCUT2D eigenvalue weighted by atomic mass is 32.1. The van der Waals surface area contributed by atoms with Crippen LogP contribution in [0, 0.1) is 0 Å². The van der Waals surface area contributed by atoms with Gasteiger partial charge in [-0.05, 0) is 130 Å². The molecule has 0 aliphatic carbocycles. The minimum Gasteiger partial charge on any atom is -0.456 e. The quantitative estimate of drug-likeness (QED) is 0.166. The summed E-state index contributed by atoms with van der Waals surface area (Å²) in [5, 5.41) is 10.1. The fraction of sp³-hybridized carbons (Fsp3) is 0. The maximum absolute atomic E-state index is 6.27. The van der Waals surface area contributed by atoms with Gasteiger partial charge in [-0.25, -0.2) is 0 Å². The van der Waals surface area contributed by atoms with Crippen LogP contribution < -0.4 is 4.90 Å². The smallest absolute Gasteiger partial charge is 0.136 e. The van der Waals surface area contributed by atoms with Gasteiger partial charge in [0.05, 0.1) is 16.6 Å². The van der Waals surface area contributed by atoms with Crippen LogP contribution in [0.15, 0.2) is 223 Å². The van der Waals surface area contributed by atoms with Crippen LogP contribution in [-0.4, -0.2) is 4.40 Å². The summed E-state index contributed by atoms with van der Waals surface area (Å²) in [7, 11) is 0. The molecule has 14 aromatic rings. The lowest BCUT2D eigenvalue weighted by Crippen LogP contribution is -2.09. The number of hydrogen-bond acceptors (Lipinski definition) is 3. The number of anilines is 3. The van der Waals surface area contributed by atoms with E-state index in [1.54, 1.807) is 0 Å². The van der Waals surface area contributed by atoms with Gasteiger partial charge in [-0.3, -0.25) is 0 Å². The molecule has 298 valence electrons. The van der Waals surface area contributed by atoms with Crippen molar-refractivity contribution < 1.29 is 4.42 Å². The second-order valence-electron chi connectivity index (χ2n) is 16.9. The highest BCUT2D eigenvalue weighted by Gasteiger charge is 2.20. The van der Waals surface area contributed by atoms with Crippen LogP contribution in [0.5, 0.6) is 0 Å². The Kier molecular flexibility index (Phi) is 7.56. The van der Waals surface area contributed by atoms with E-state index in [0.717, 1.165) is 50.1 Å². The molecule has 0 fully saturated rings. The van der Waals surface area contributed by atoms with Crippen LogP contribution in [0.4, 0.5) is 17.1 Å². The van der Waals surface area contributed by atoms with E-state index in [0.29, 0.717) is 0 Å². The molecule has 4 aromatic heterocycles. The number of rotatable bonds is 6. The van der Waals surface area contributed by atoms with Crippen molar-refractivity contribution >= 4 is 109 Å². The predicted molar refractivity (Wildman–Crippen MR) is 272 cm³/mol. The van der Waals surface area contributed by atoms with E-state index in [1.165, 1.54) is 80.5 Å². The van der Waals surface area contributed by atoms with Gasteiger partial charge >= 0.3 is 0 Å². The Labute approximate surface area is 372 Å². The second-order valence-corrected chi connectivity index (χ2v) is 18.0. The van der Waals surface area contributed by atoms with Crippen LogP contribution in [0.3, 0.4) is 0 Å². The molecule has 0 aliphatic rings. The fourth-order valence-electron chi connectivity index (χ4n) is 10.3. The third-order valence-electron chi connectivity index (χ3n) is 13.3. The van der Waals surface area contributed by atoms with E-state index in [9.17, 15) is 0 Å². The van der Waals surface area contributed by atoms with Gasteiger partial charge in [-0.15, -0.1) is 11.3 Å². The summed E-state index contributed by atoms with van der Waals surface area (Å²) in [5.41, 5.74) is 15.9. The van der Waals surface area contributed by atoms with Crippen LogP contribution in [-0.2, 0) is 0 Å². The molecule has 4 heterocycles. The number of benzene rings is 10. The molecule has 0 aliphatic heterocycles. The van der Waals surface area contributed by atoms with Crippen molar-refractivity contribution in [3.8, 4) is 33.4 Å². The van der Waals surface area contributed by atoms with Crippen molar-refractivity contribution in [2.45, 2.75) is 0 Å². The molecule has 0 amide bonds. The normalized spacial score (nSPS) is 12.1. The maximum Gasteiger partial charge on any atom is 0.136 e. The fourth-order valence-corrected chi connectivity index (χ4v) is 11.4. The molecule has 3 nitrogen and oxygen atoms in total. The number of thiophene rings is 1. The molecular formula is C60H36N2OS. The van der Waals surface area contributed by atoms with Gasteiger partial charge in [0.2, 0.25) is 0 Å². The van der Waals surface area contributed by atoms with E-state index in [2.05, 4.69) is 216 Å². The maximum atomic E-state index is 6.27. The molecule has 0 spiro atoms. The molecule has 0 atom stereocenters. The van der Waals surface area contributed by atoms with Crippen molar-refractivity contribution in [1.29, 1.82) is 0 Å². The summed E-state index contributed by atoms with van der Waals surface area (Å²) < 4.78 is 11.4. The van der Waals surface area contributed by atoms with Crippen molar-refractivity contribution in [2.75, 3.05) is 4.90 Å². The molecule has 4 heteroatoms. The second kappa shape index (κ2) is 13.7. The molecule has 10 aromatic carbocycles. The number of hydrogen-bond donors (Lipinski definition) is 0. The van der Waals surface area contributed by atoms with E-state index in [4.69, 9.17) is 4.42 Å². The molecule has 0 saturated heterocycles. The topological polar surface area (TPSA) is 20.8 Å². The summed E-state index contributed by atoms with van der Waals surface area (Å²) in [5.74, 6) is 0. The minimum absolute atomic E-state index is 0.902. The molecule has 0 N–H and O–H groups in total. The summed E-state index contributed by atoms with van der Waals surface area (Å²) in [6, 6.07) is 79.8. The van der Waals surface area contributed by atoms with Crippen LogP contribution in [0.1, 0.15) is 0 Å². The van der Waals surface area contributed by atoms with E-state index < -0.39 is 0 Å². The van der Waals surface area contributed by atoms with E-state index in [-0.39, 0.29) is 0 Å². The van der Waals surface area contributed by atoms with E-state index >= 15 is 0 Å². The van der Waals surface area contributed by atoms with Crippen LogP contribution in [0.2, 0.25) is 0 Å². The number of fused-ring (bicyclic) bond motifs is 12. The molecule has 14 rings (SSSR count). The lowest BCUT2D eigenvalue weighted by atomic mass is 9.98. The first kappa shape index (κ1) is 35.4. The molecule has 64 heavy (non-hydrogen) atoms. The first-order chi connectivity index (χ1) is 31.7. The monoisotopic (exact) mass is 832 g/mol. The third-order valence-corrected chi connectivity index (χ3v) is 14.5. The third kappa shape index (κ3) is 5.33. The first-order valence-electron chi connectivity index (χ1n) is 21.8. The number of nitrogens with zero attached hydrogens (tertiary/aromatic N) is 2. The van der Waals surface area contributed by atoms with Crippen molar-refractivity contribution in [3.63, 3.8) is 0 Å². The summed E-state index contributed by atoms with van der Waals surface area (Å²) in [4.78, 5) is 2.36. The minimum atomic E-state index is 0.902. The zero-order valence-electron chi connectivity index (χ0n) is 34.5. The van der Waals surface area contributed by atoms with Crippen molar-refractivity contribution in [2.24, 2.45) is 0 Å². The summed E-state index contributed by atoms with van der Waals surface area (Å²) >= 11 is 1.86. The largest absolute Gasteiger partial charge is 0.456 e. The van der Waals surface area contributed by atoms with Crippen molar-refractivity contribution in [3.05, 3.63) is 218 Å². The number of para-hydroxylation sites is 3. The zero-order chi connectivity index (χ0) is 41.9. The highest BCUT2D eigenvalue weighted by Crippen LogP contribution is 2.44. The number of furan rings is 1. The van der Waals surface area contributed by atoms with Gasteiger partial charge < -0.3 is 13.7 Å². The van der Waals surface area contributed by atoms with Gasteiger partial charge in [0.15, 0.2) is 0 Å². The standard InChI is InChI=1S/C60H36N2OS/c1-5-13-54-46(9-1)52-34-42(35-53-47-10-2-6-14-55(47)62(54)60(52)53)39-21-29-45(30-22-39)61(43-25-17-37(18-26-43)40-24-32-59-51(33-40)50-12-4-8-16-58(50)64-59)44-27-19-38(20-28-44)41-23-31-49-48-11-3-7-15-56(48)63-57(49)36-41/h1-36H. The number of aromatic nitrogens is 1. The SMILES string of the molecule is c1ccc2c(c1)oc1cc(-c3ccc(N(c4ccc(-c5ccc6sc7ccccc7c6c5)cc4)c4ccc(-c5cc6c7ccccc7n7c8ccccc8c(c5)c67)cc4)cc3)ccc12. The predicted octanol–water partition coefficient (Wildman–Crippen LogP) is 17.6.